The van der Waals surface area contributed by atoms with Crippen molar-refractivity contribution in [2.24, 2.45) is 4.99 Å². The first-order valence-corrected chi connectivity index (χ1v) is 11.2. The van der Waals surface area contributed by atoms with Crippen LogP contribution < -0.4 is 15.4 Å². The summed E-state index contributed by atoms with van der Waals surface area (Å²) in [6.07, 6.45) is 8.73. The molecule has 1 aliphatic heterocycles. The number of ether oxygens (including phenoxy) is 2. The summed E-state index contributed by atoms with van der Waals surface area (Å²) in [6, 6.07) is 8.16. The number of rotatable bonds is 7. The average molecular weight is 417 g/mol. The fourth-order valence-electron chi connectivity index (χ4n) is 3.90. The van der Waals surface area contributed by atoms with E-state index in [1.54, 1.807) is 19.0 Å². The summed E-state index contributed by atoms with van der Waals surface area (Å²) < 4.78 is 11.8. The third kappa shape index (κ3) is 6.90. The van der Waals surface area contributed by atoms with Gasteiger partial charge in [0, 0.05) is 32.6 Å². The Bertz CT molecular complexity index is 699. The van der Waals surface area contributed by atoms with Crippen molar-refractivity contribution in [2.45, 2.75) is 57.1 Å². The monoisotopic (exact) mass is 416 g/mol. The molecule has 0 radical (unpaired) electrons. The average Bonchev–Trinajstić information content (AvgIpc) is 3.03. The Morgan fingerprint density at radius 1 is 1.17 bits per heavy atom. The van der Waals surface area contributed by atoms with Crippen molar-refractivity contribution in [3.8, 4) is 5.75 Å². The summed E-state index contributed by atoms with van der Waals surface area (Å²) in [5, 5.41) is 6.84. The Hall–Kier alpha value is -2.28. The van der Waals surface area contributed by atoms with Crippen molar-refractivity contribution in [3.05, 3.63) is 29.8 Å². The predicted molar refractivity (Wildman–Crippen MR) is 119 cm³/mol. The highest BCUT2D eigenvalue weighted by Gasteiger charge is 2.22. The number of carbonyl (C=O) groups is 1. The molecule has 2 aliphatic rings. The lowest BCUT2D eigenvalue weighted by Crippen LogP contribution is -2.43. The summed E-state index contributed by atoms with van der Waals surface area (Å²) in [7, 11) is 3.49. The first-order chi connectivity index (χ1) is 14.6. The van der Waals surface area contributed by atoms with Gasteiger partial charge in [-0.15, -0.1) is 0 Å². The number of guanidine groups is 1. The van der Waals surface area contributed by atoms with Crippen LogP contribution in [0.2, 0.25) is 0 Å². The SMILES string of the molecule is CN(C)C(=O)CN=C(NCCOC1CCCCCC1)NC1CCOc2ccccc21. The second-order valence-corrected chi connectivity index (χ2v) is 8.24. The second kappa shape index (κ2) is 11.8. The molecule has 1 atom stereocenters. The predicted octanol–water partition coefficient (Wildman–Crippen LogP) is 2.87. The lowest BCUT2D eigenvalue weighted by Gasteiger charge is -2.28. The van der Waals surface area contributed by atoms with Gasteiger partial charge in [-0.1, -0.05) is 43.9 Å². The van der Waals surface area contributed by atoms with Crippen molar-refractivity contribution in [3.63, 3.8) is 0 Å². The van der Waals surface area contributed by atoms with Crippen LogP contribution >= 0.6 is 0 Å². The molecular weight excluding hydrogens is 380 g/mol. The highest BCUT2D eigenvalue weighted by molar-refractivity contribution is 5.85. The van der Waals surface area contributed by atoms with E-state index in [1.165, 1.54) is 25.7 Å². The van der Waals surface area contributed by atoms with Gasteiger partial charge in [-0.2, -0.15) is 0 Å². The molecule has 1 aromatic rings. The molecule has 0 saturated heterocycles. The number of benzene rings is 1. The molecule has 7 heteroatoms. The number of fused-ring (bicyclic) bond motifs is 1. The summed E-state index contributed by atoms with van der Waals surface area (Å²) in [4.78, 5) is 18.1. The van der Waals surface area contributed by atoms with E-state index in [-0.39, 0.29) is 18.5 Å². The van der Waals surface area contributed by atoms with Crippen molar-refractivity contribution in [1.82, 2.24) is 15.5 Å². The van der Waals surface area contributed by atoms with E-state index in [0.717, 1.165) is 30.6 Å². The van der Waals surface area contributed by atoms with Crippen LogP contribution in [0.4, 0.5) is 0 Å². The van der Waals surface area contributed by atoms with Crippen LogP contribution in [0.15, 0.2) is 29.3 Å². The number of nitrogens with one attached hydrogen (secondary N) is 2. The molecule has 1 fully saturated rings. The van der Waals surface area contributed by atoms with E-state index in [4.69, 9.17) is 9.47 Å². The molecule has 0 bridgehead atoms. The van der Waals surface area contributed by atoms with E-state index >= 15 is 0 Å². The fourth-order valence-corrected chi connectivity index (χ4v) is 3.90. The first-order valence-electron chi connectivity index (χ1n) is 11.2. The van der Waals surface area contributed by atoms with Gasteiger partial charge in [0.25, 0.3) is 0 Å². The molecule has 1 heterocycles. The number of nitrogens with zero attached hydrogens (tertiary/aromatic N) is 2. The van der Waals surface area contributed by atoms with Crippen molar-refractivity contribution in [1.29, 1.82) is 0 Å². The summed E-state index contributed by atoms with van der Waals surface area (Å²) in [6.45, 7) is 2.06. The number of carbonyl (C=O) groups excluding carboxylic acids is 1. The number of hydrogen-bond donors (Lipinski definition) is 2. The Balaban J connectivity index is 1.56. The highest BCUT2D eigenvalue weighted by atomic mass is 16.5. The second-order valence-electron chi connectivity index (χ2n) is 8.24. The minimum absolute atomic E-state index is 0.0295. The minimum atomic E-state index is -0.0295. The van der Waals surface area contributed by atoms with Crippen LogP contribution in [0.5, 0.6) is 5.75 Å². The zero-order valence-corrected chi connectivity index (χ0v) is 18.4. The minimum Gasteiger partial charge on any atom is -0.493 e. The van der Waals surface area contributed by atoms with Gasteiger partial charge in [-0.05, 0) is 18.9 Å². The van der Waals surface area contributed by atoms with Gasteiger partial charge in [-0.3, -0.25) is 4.79 Å². The number of amides is 1. The molecule has 1 unspecified atom stereocenters. The van der Waals surface area contributed by atoms with E-state index in [9.17, 15) is 4.79 Å². The molecule has 166 valence electrons. The Labute approximate surface area is 180 Å². The Morgan fingerprint density at radius 2 is 1.93 bits per heavy atom. The molecular formula is C23H36N4O3. The van der Waals surface area contributed by atoms with Crippen molar-refractivity contribution >= 4 is 11.9 Å². The number of aliphatic imine (C=N–C) groups is 1. The van der Waals surface area contributed by atoms with Gasteiger partial charge in [0.05, 0.1) is 25.4 Å². The molecule has 7 nitrogen and oxygen atoms in total. The molecule has 2 N–H and O–H groups in total. The zero-order chi connectivity index (χ0) is 21.2. The smallest absolute Gasteiger partial charge is 0.243 e. The third-order valence-corrected chi connectivity index (χ3v) is 5.69. The number of para-hydroxylation sites is 1. The maximum Gasteiger partial charge on any atom is 0.243 e. The molecule has 1 aromatic carbocycles. The summed E-state index contributed by atoms with van der Waals surface area (Å²) in [5.74, 6) is 1.51. The highest BCUT2D eigenvalue weighted by Crippen LogP contribution is 2.31. The van der Waals surface area contributed by atoms with E-state index < -0.39 is 0 Å². The normalized spacial score (nSPS) is 19.9. The molecule has 1 amide bonds. The molecule has 1 saturated carbocycles. The van der Waals surface area contributed by atoms with Crippen LogP contribution in [-0.2, 0) is 9.53 Å². The molecule has 3 rings (SSSR count). The van der Waals surface area contributed by atoms with Gasteiger partial charge in [0.15, 0.2) is 5.96 Å². The fraction of sp³-hybridized carbons (Fsp3) is 0.652. The largest absolute Gasteiger partial charge is 0.493 e. The zero-order valence-electron chi connectivity index (χ0n) is 18.4. The van der Waals surface area contributed by atoms with E-state index in [2.05, 4.69) is 21.7 Å². The quantitative estimate of drug-likeness (QED) is 0.309. The molecule has 1 aliphatic carbocycles. The molecule has 0 aromatic heterocycles. The van der Waals surface area contributed by atoms with Crippen LogP contribution in [-0.4, -0.2) is 63.3 Å². The third-order valence-electron chi connectivity index (χ3n) is 5.69. The van der Waals surface area contributed by atoms with Gasteiger partial charge in [-0.25, -0.2) is 4.99 Å². The first kappa shape index (κ1) is 22.4. The lowest BCUT2D eigenvalue weighted by molar-refractivity contribution is -0.127. The lowest BCUT2D eigenvalue weighted by atomic mass is 10.0. The summed E-state index contributed by atoms with van der Waals surface area (Å²) in [5.41, 5.74) is 1.12. The maximum atomic E-state index is 12.0. The summed E-state index contributed by atoms with van der Waals surface area (Å²) >= 11 is 0. The van der Waals surface area contributed by atoms with Gasteiger partial charge in [0.2, 0.25) is 5.91 Å². The van der Waals surface area contributed by atoms with Crippen LogP contribution in [0.3, 0.4) is 0 Å². The van der Waals surface area contributed by atoms with Crippen LogP contribution in [0.25, 0.3) is 0 Å². The standard InChI is InChI=1S/C23H36N4O3/c1-27(2)22(28)17-25-23(24-14-16-29-18-9-5-3-4-6-10-18)26-20-13-15-30-21-12-8-7-11-19(20)21/h7-8,11-12,18,20H,3-6,9-10,13-17H2,1-2H3,(H2,24,25,26). The van der Waals surface area contributed by atoms with Crippen molar-refractivity contribution in [2.75, 3.05) is 40.4 Å². The molecule has 0 spiro atoms. The van der Waals surface area contributed by atoms with Gasteiger partial charge >= 0.3 is 0 Å². The van der Waals surface area contributed by atoms with Gasteiger partial charge in [0.1, 0.15) is 12.3 Å². The van der Waals surface area contributed by atoms with Crippen LogP contribution in [0.1, 0.15) is 56.6 Å². The Kier molecular flexibility index (Phi) is 8.81. The van der Waals surface area contributed by atoms with E-state index in [1.807, 2.05) is 18.2 Å². The number of likely N-dealkylation sites (N-methyl/N-ethyl adjacent to an activating group) is 1. The molecule has 30 heavy (non-hydrogen) atoms. The van der Waals surface area contributed by atoms with Crippen LogP contribution in [0, 0.1) is 0 Å². The Morgan fingerprint density at radius 3 is 2.70 bits per heavy atom. The maximum absolute atomic E-state index is 12.0. The topological polar surface area (TPSA) is 75.2 Å². The van der Waals surface area contributed by atoms with E-state index in [0.29, 0.717) is 31.8 Å². The van der Waals surface area contributed by atoms with Crippen molar-refractivity contribution < 1.29 is 14.3 Å². The van der Waals surface area contributed by atoms with Gasteiger partial charge < -0.3 is 25.0 Å². The number of hydrogen-bond acceptors (Lipinski definition) is 4.